The lowest BCUT2D eigenvalue weighted by Gasteiger charge is -2.19. The van der Waals surface area contributed by atoms with Crippen molar-refractivity contribution in [1.82, 2.24) is 42.0 Å². The number of ether oxygens (including phenoxy) is 2. The molecule has 7 aromatic heterocycles. The number of halogens is 1. The predicted molar refractivity (Wildman–Crippen MR) is 257 cm³/mol. The van der Waals surface area contributed by atoms with Gasteiger partial charge in [-0.3, -0.25) is 13.9 Å². The Morgan fingerprint density at radius 1 is 0.662 bits per heavy atom. The van der Waals surface area contributed by atoms with Crippen LogP contribution in [0.15, 0.2) is 120 Å². The van der Waals surface area contributed by atoms with Gasteiger partial charge < -0.3 is 9.47 Å². The smallest absolute Gasteiger partial charge is 0.419 e. The monoisotopic (exact) mass is 1020 g/mol. The highest BCUT2D eigenvalue weighted by Crippen LogP contribution is 2.40. The first kappa shape index (κ1) is 43.7. The topological polar surface area (TPSA) is 180 Å². The molecule has 332 valence electrons. The summed E-state index contributed by atoms with van der Waals surface area (Å²) in [7, 11) is -2.67. The summed E-state index contributed by atoms with van der Waals surface area (Å²) in [5.74, 6) is 0.553. The van der Waals surface area contributed by atoms with Crippen molar-refractivity contribution in [3.8, 4) is 17.0 Å². The highest BCUT2D eigenvalue weighted by molar-refractivity contribution is 14.1. The number of aromatic nitrogens is 9. The van der Waals surface area contributed by atoms with Gasteiger partial charge in [0.1, 0.15) is 11.4 Å². The van der Waals surface area contributed by atoms with E-state index >= 15 is 0 Å². The van der Waals surface area contributed by atoms with Crippen molar-refractivity contribution in [3.63, 3.8) is 0 Å². The van der Waals surface area contributed by atoms with Crippen LogP contribution in [0.3, 0.4) is 0 Å². The number of fused-ring (bicyclic) bond motifs is 7. The van der Waals surface area contributed by atoms with Gasteiger partial charge in [0.25, 0.3) is 20.0 Å². The number of hydrogen-bond acceptors (Lipinski definition) is 11. The summed E-state index contributed by atoms with van der Waals surface area (Å²) >= 11 is 2.03. The molecule has 0 aliphatic carbocycles. The predicted octanol–water partition coefficient (Wildman–Crippen LogP) is 8.95. The van der Waals surface area contributed by atoms with E-state index in [1.54, 1.807) is 148 Å². The van der Waals surface area contributed by atoms with Gasteiger partial charge in [-0.1, -0.05) is 35.4 Å². The van der Waals surface area contributed by atoms with Crippen molar-refractivity contribution in [1.29, 1.82) is 0 Å². The van der Waals surface area contributed by atoms with Crippen LogP contribution < -0.4 is 4.74 Å². The zero-order valence-corrected chi connectivity index (χ0v) is 40.3. The lowest BCUT2D eigenvalue weighted by Crippen LogP contribution is -2.26. The Kier molecular flexibility index (Phi) is 10.6. The zero-order chi connectivity index (χ0) is 46.3. The fourth-order valence-corrected chi connectivity index (χ4v) is 12.0. The largest absolute Gasteiger partial charge is 0.497 e. The van der Waals surface area contributed by atoms with Crippen molar-refractivity contribution >= 4 is 104 Å². The number of carbonyl (C=O) groups is 1. The summed E-state index contributed by atoms with van der Waals surface area (Å²) in [6.07, 6.45) is 7.70. The minimum absolute atomic E-state index is 0.113. The van der Waals surface area contributed by atoms with Crippen LogP contribution in [0, 0.1) is 17.5 Å². The van der Waals surface area contributed by atoms with Crippen molar-refractivity contribution in [3.05, 3.63) is 125 Å². The maximum atomic E-state index is 14.3. The Labute approximate surface area is 387 Å². The van der Waals surface area contributed by atoms with Gasteiger partial charge in [0.15, 0.2) is 11.3 Å². The third-order valence-electron chi connectivity index (χ3n) is 10.9. The molecule has 3 aromatic carbocycles. The summed E-state index contributed by atoms with van der Waals surface area (Å²) in [6, 6.07) is 22.4. The molecule has 19 heteroatoms. The minimum Gasteiger partial charge on any atom is -0.497 e. The molecule has 0 saturated heterocycles. The van der Waals surface area contributed by atoms with Gasteiger partial charge in [0, 0.05) is 65.2 Å². The van der Waals surface area contributed by atoms with Crippen LogP contribution in [0.2, 0.25) is 0 Å². The standard InChI is InChI=1S/C30H29N5O5S.C16H13IN4O2S/c1-18-7-10-21(11-8-18)41(37,38)35-26(14-23-27-19(15-31-28(23)35)16-32-33(27)5)24-17-34(29(36)40-30(2,3)4)25-12-9-20(39-6)13-22(24)25;1-10-3-5-12(6-4-10)24(22,23)21-14(17)7-13-15-11(8-18-16(13)21)9-19-20(15)2/h7-17H,1-6H3;3-9H,1-2H3. The SMILES string of the molecule is COc1ccc2c(c1)c(-c1cc3c4c(cnc3n1S(=O)(=O)c1ccc(C)cc1)cnn4C)cn2C(=O)OC(C)(C)C.Cc1ccc(S(=O)(=O)n2c(I)cc3c4c(cnc32)cnn4C)cc1. The van der Waals surface area contributed by atoms with Crippen molar-refractivity contribution in [2.24, 2.45) is 14.1 Å². The summed E-state index contributed by atoms with van der Waals surface area (Å²) in [4.78, 5) is 22.7. The highest BCUT2D eigenvalue weighted by Gasteiger charge is 2.30. The highest BCUT2D eigenvalue weighted by atomic mass is 127. The van der Waals surface area contributed by atoms with Crippen LogP contribution in [0.25, 0.3) is 66.0 Å². The number of aryl methyl sites for hydroxylation is 4. The zero-order valence-electron chi connectivity index (χ0n) is 36.5. The molecule has 7 heterocycles. The van der Waals surface area contributed by atoms with Crippen LogP contribution in [0.5, 0.6) is 5.75 Å². The Bertz CT molecular complexity index is 3770. The average Bonchev–Trinajstić information content (AvgIpc) is 4.08. The van der Waals surface area contributed by atoms with Gasteiger partial charge in [-0.25, -0.2) is 39.5 Å². The number of pyridine rings is 2. The van der Waals surface area contributed by atoms with E-state index < -0.39 is 31.7 Å². The van der Waals surface area contributed by atoms with E-state index in [-0.39, 0.29) is 15.4 Å². The molecule has 0 saturated carbocycles. The van der Waals surface area contributed by atoms with Gasteiger partial charge in [0.05, 0.1) is 55.2 Å². The Morgan fingerprint density at radius 2 is 1.17 bits per heavy atom. The molecule has 0 unspecified atom stereocenters. The number of nitrogens with zero attached hydrogens (tertiary/aromatic N) is 9. The lowest BCUT2D eigenvalue weighted by molar-refractivity contribution is 0.0544. The number of methoxy groups -OCH3 is 1. The van der Waals surface area contributed by atoms with E-state index in [2.05, 4.69) is 20.2 Å². The molecule has 0 N–H and O–H groups in total. The second kappa shape index (κ2) is 15.8. The Hall–Kier alpha value is -6.58. The molecule has 0 bridgehead atoms. The van der Waals surface area contributed by atoms with E-state index in [1.165, 1.54) is 12.5 Å². The van der Waals surface area contributed by atoms with Gasteiger partial charge in [-0.05, 0) is 112 Å². The lowest BCUT2D eigenvalue weighted by atomic mass is 10.1. The third-order valence-corrected chi connectivity index (χ3v) is 15.5. The molecular weight excluding hydrogens is 982 g/mol. The molecule has 0 spiro atoms. The summed E-state index contributed by atoms with van der Waals surface area (Å²) in [6.45, 7) is 9.19. The van der Waals surface area contributed by atoms with E-state index in [9.17, 15) is 21.6 Å². The summed E-state index contributed by atoms with van der Waals surface area (Å²) in [5, 5.41) is 12.2. The second-order valence-electron chi connectivity index (χ2n) is 16.6. The van der Waals surface area contributed by atoms with Crippen molar-refractivity contribution in [2.45, 2.75) is 50.0 Å². The molecule has 10 aromatic rings. The number of rotatable bonds is 6. The van der Waals surface area contributed by atoms with Gasteiger partial charge >= 0.3 is 6.09 Å². The normalized spacial score (nSPS) is 12.4. The fraction of sp³-hybridized carbons (Fsp3) is 0.196. The quantitative estimate of drug-likeness (QED) is 0.145. The molecule has 65 heavy (non-hydrogen) atoms. The fourth-order valence-electron chi connectivity index (χ4n) is 7.84. The van der Waals surface area contributed by atoms with Gasteiger partial charge in [-0.15, -0.1) is 0 Å². The molecule has 0 radical (unpaired) electrons. The van der Waals surface area contributed by atoms with E-state index in [1.807, 2.05) is 49.6 Å². The first-order chi connectivity index (χ1) is 30.8. The van der Waals surface area contributed by atoms with Gasteiger partial charge in [-0.2, -0.15) is 10.2 Å². The maximum Gasteiger partial charge on any atom is 0.419 e. The maximum absolute atomic E-state index is 14.3. The van der Waals surface area contributed by atoms with Crippen molar-refractivity contribution < 1.29 is 31.1 Å². The third kappa shape index (κ3) is 7.49. The Morgan fingerprint density at radius 3 is 1.69 bits per heavy atom. The van der Waals surface area contributed by atoms with Crippen LogP contribution >= 0.6 is 22.6 Å². The number of benzene rings is 3. The second-order valence-corrected chi connectivity index (χ2v) is 21.3. The first-order valence-electron chi connectivity index (χ1n) is 20.2. The minimum atomic E-state index is -4.14. The molecule has 0 fully saturated rings. The first-order valence-corrected chi connectivity index (χ1v) is 24.1. The van der Waals surface area contributed by atoms with Gasteiger partial charge in [0.2, 0.25) is 0 Å². The van der Waals surface area contributed by atoms with Crippen LogP contribution in [0.1, 0.15) is 31.9 Å². The summed E-state index contributed by atoms with van der Waals surface area (Å²) in [5.41, 5.74) is 4.85. The number of hydrogen-bond donors (Lipinski definition) is 0. The molecule has 16 nitrogen and oxygen atoms in total. The molecule has 0 aliphatic rings. The van der Waals surface area contributed by atoms with Crippen LogP contribution in [0.4, 0.5) is 4.79 Å². The average molecular weight is 1020 g/mol. The molecular formula is C46H42IN9O7S2. The van der Waals surface area contributed by atoms with Crippen LogP contribution in [-0.4, -0.2) is 77.7 Å². The Balaban J connectivity index is 0.000000188. The van der Waals surface area contributed by atoms with Crippen molar-refractivity contribution in [2.75, 3.05) is 7.11 Å². The molecule has 0 amide bonds. The van der Waals surface area contributed by atoms with E-state index in [0.29, 0.717) is 42.6 Å². The molecule has 0 aliphatic heterocycles. The molecule has 10 rings (SSSR count). The molecule has 0 atom stereocenters. The number of carbonyl (C=O) groups excluding carboxylic acids is 1. The van der Waals surface area contributed by atoms with E-state index in [4.69, 9.17) is 9.47 Å². The van der Waals surface area contributed by atoms with Crippen LogP contribution in [-0.2, 0) is 38.9 Å². The van der Waals surface area contributed by atoms with E-state index in [0.717, 1.165) is 38.3 Å². The summed E-state index contributed by atoms with van der Waals surface area (Å²) < 4.78 is 74.0.